The molecule has 0 saturated carbocycles. The van der Waals surface area contributed by atoms with Gasteiger partial charge in [-0.3, -0.25) is 4.21 Å². The van der Waals surface area contributed by atoms with E-state index in [1.54, 1.807) is 12.5 Å². The Morgan fingerprint density at radius 3 is 2.58 bits per heavy atom. The summed E-state index contributed by atoms with van der Waals surface area (Å²) in [6.45, 7) is 0.854. The summed E-state index contributed by atoms with van der Waals surface area (Å²) in [5.74, 6) is 0. The third-order valence-electron chi connectivity index (χ3n) is 1.34. The predicted molar refractivity (Wildman–Crippen MR) is 49.2 cm³/mol. The van der Waals surface area contributed by atoms with Crippen molar-refractivity contribution in [2.75, 3.05) is 19.1 Å². The fourth-order valence-electron chi connectivity index (χ4n) is 0.907. The minimum absolute atomic E-state index is 0.250. The van der Waals surface area contributed by atoms with Crippen molar-refractivity contribution in [2.24, 2.45) is 0 Å². The van der Waals surface area contributed by atoms with Crippen LogP contribution in [0.1, 0.15) is 19.3 Å². The lowest BCUT2D eigenvalue weighted by Crippen LogP contribution is -2.01. The highest BCUT2D eigenvalue weighted by atomic mass is 32.2. The molecule has 0 aromatic rings. The topological polar surface area (TPSA) is 50.1 Å². The molecular weight excluding hydrogens is 174 g/mol. The van der Waals surface area contributed by atoms with Crippen molar-refractivity contribution in [1.29, 1.82) is 5.26 Å². The smallest absolute Gasteiger partial charge is 0.0705 e. The third kappa shape index (κ3) is 7.70. The number of hydrogen-bond donors (Lipinski definition) is 0. The lowest BCUT2D eigenvalue weighted by atomic mass is 10.2. The molecule has 12 heavy (non-hydrogen) atoms. The van der Waals surface area contributed by atoms with E-state index in [0.717, 1.165) is 19.4 Å². The van der Waals surface area contributed by atoms with Gasteiger partial charge in [0.15, 0.2) is 0 Å². The van der Waals surface area contributed by atoms with E-state index in [-0.39, 0.29) is 6.10 Å². The summed E-state index contributed by atoms with van der Waals surface area (Å²) < 4.78 is 14.7. The molecule has 70 valence electrons. The second-order valence-corrected chi connectivity index (χ2v) is 4.22. The van der Waals surface area contributed by atoms with Gasteiger partial charge in [-0.1, -0.05) is 0 Å². The quantitative estimate of drug-likeness (QED) is 0.620. The van der Waals surface area contributed by atoms with Crippen LogP contribution < -0.4 is 0 Å². The molecule has 1 rings (SSSR count). The van der Waals surface area contributed by atoms with E-state index in [1.807, 2.05) is 0 Å². The number of nitriles is 1. The maximum Gasteiger partial charge on any atom is 0.0705 e. The maximum atomic E-state index is 9.56. The maximum absolute atomic E-state index is 9.56. The number of hydrogen-bond acceptors (Lipinski definition) is 3. The van der Waals surface area contributed by atoms with E-state index in [0.29, 0.717) is 6.42 Å². The molecule has 1 aliphatic rings. The molecule has 4 heteroatoms. The standard InChI is InChI=1S/C6H9NO.C2H6OS/c7-4-3-6-2-1-5-8-6;1-4(2)3/h6H,1-3,5H2;1-2H3. The molecule has 0 aromatic carbocycles. The SMILES string of the molecule is CS(C)=O.N#CCC1CCCO1. The van der Waals surface area contributed by atoms with Gasteiger partial charge in [-0.05, 0) is 12.8 Å². The Balaban J connectivity index is 0.000000261. The van der Waals surface area contributed by atoms with Gasteiger partial charge in [0.2, 0.25) is 0 Å². The largest absolute Gasteiger partial charge is 0.377 e. The van der Waals surface area contributed by atoms with Crippen molar-refractivity contribution < 1.29 is 8.95 Å². The van der Waals surface area contributed by atoms with Crippen molar-refractivity contribution in [3.63, 3.8) is 0 Å². The molecule has 0 radical (unpaired) electrons. The lowest BCUT2D eigenvalue weighted by molar-refractivity contribution is 0.115. The van der Waals surface area contributed by atoms with E-state index in [1.165, 1.54) is 0 Å². The minimum Gasteiger partial charge on any atom is -0.377 e. The summed E-state index contributed by atoms with van der Waals surface area (Å²) in [6.07, 6.45) is 6.31. The van der Waals surface area contributed by atoms with Gasteiger partial charge in [0.25, 0.3) is 0 Å². The van der Waals surface area contributed by atoms with Gasteiger partial charge < -0.3 is 4.74 Å². The van der Waals surface area contributed by atoms with Crippen LogP contribution in [0, 0.1) is 11.3 Å². The van der Waals surface area contributed by atoms with Crippen LogP contribution in [0.5, 0.6) is 0 Å². The molecule has 0 N–H and O–H groups in total. The first-order chi connectivity index (χ1) is 5.66. The number of rotatable bonds is 1. The van der Waals surface area contributed by atoms with Gasteiger partial charge in [0.05, 0.1) is 18.6 Å². The molecule has 0 bridgehead atoms. The van der Waals surface area contributed by atoms with Crippen LogP contribution in [-0.4, -0.2) is 29.4 Å². The molecule has 1 fully saturated rings. The Hall–Kier alpha value is -0.400. The van der Waals surface area contributed by atoms with Crippen LogP contribution in [0.15, 0.2) is 0 Å². The highest BCUT2D eigenvalue weighted by Gasteiger charge is 2.13. The second kappa shape index (κ2) is 7.26. The van der Waals surface area contributed by atoms with Gasteiger partial charge in [0, 0.05) is 29.9 Å². The van der Waals surface area contributed by atoms with E-state index in [2.05, 4.69) is 6.07 Å². The second-order valence-electron chi connectivity index (χ2n) is 2.74. The summed E-state index contributed by atoms with van der Waals surface area (Å²) in [4.78, 5) is 0. The molecule has 0 amide bonds. The number of nitrogens with zero attached hydrogens (tertiary/aromatic N) is 1. The van der Waals surface area contributed by atoms with Crippen molar-refractivity contribution in [3.05, 3.63) is 0 Å². The van der Waals surface area contributed by atoms with Crippen LogP contribution in [0.3, 0.4) is 0 Å². The molecule has 1 atom stereocenters. The molecule has 0 spiro atoms. The van der Waals surface area contributed by atoms with Gasteiger partial charge in [-0.2, -0.15) is 5.26 Å². The molecule has 0 aliphatic carbocycles. The minimum atomic E-state index is -0.611. The summed E-state index contributed by atoms with van der Waals surface area (Å²) in [5, 5.41) is 8.20. The molecule has 1 heterocycles. The Morgan fingerprint density at radius 2 is 2.25 bits per heavy atom. The summed E-state index contributed by atoms with van der Waals surface area (Å²) in [7, 11) is -0.611. The zero-order valence-electron chi connectivity index (χ0n) is 7.58. The van der Waals surface area contributed by atoms with Gasteiger partial charge in [-0.15, -0.1) is 0 Å². The highest BCUT2D eigenvalue weighted by Crippen LogP contribution is 2.13. The summed E-state index contributed by atoms with van der Waals surface area (Å²) in [6, 6.07) is 2.08. The van der Waals surface area contributed by atoms with Crippen molar-refractivity contribution in [3.8, 4) is 6.07 Å². The number of ether oxygens (including phenoxy) is 1. The average molecular weight is 189 g/mol. The zero-order valence-corrected chi connectivity index (χ0v) is 8.39. The normalized spacial score (nSPS) is 21.3. The van der Waals surface area contributed by atoms with Crippen LogP contribution in [0.2, 0.25) is 0 Å². The Labute approximate surface area is 76.2 Å². The molecule has 1 unspecified atom stereocenters. The highest BCUT2D eigenvalue weighted by molar-refractivity contribution is 7.83. The fraction of sp³-hybridized carbons (Fsp3) is 0.875. The van der Waals surface area contributed by atoms with E-state index in [9.17, 15) is 4.21 Å². The fourth-order valence-corrected chi connectivity index (χ4v) is 0.907. The summed E-state index contributed by atoms with van der Waals surface area (Å²) in [5.41, 5.74) is 0. The van der Waals surface area contributed by atoms with Crippen molar-refractivity contribution in [2.45, 2.75) is 25.4 Å². The monoisotopic (exact) mass is 189 g/mol. The predicted octanol–water partition coefficient (Wildman–Crippen LogP) is 1.07. The average Bonchev–Trinajstić information content (AvgIpc) is 2.39. The molecule has 1 aliphatic heterocycles. The van der Waals surface area contributed by atoms with Crippen LogP contribution in [-0.2, 0) is 15.5 Å². The first-order valence-electron chi connectivity index (χ1n) is 3.90. The van der Waals surface area contributed by atoms with Crippen LogP contribution in [0.4, 0.5) is 0 Å². The van der Waals surface area contributed by atoms with E-state index < -0.39 is 10.8 Å². The molecule has 3 nitrogen and oxygen atoms in total. The molecular formula is C8H15NO2S. The third-order valence-corrected chi connectivity index (χ3v) is 1.34. The first-order valence-corrected chi connectivity index (χ1v) is 5.87. The lowest BCUT2D eigenvalue weighted by Gasteiger charge is -1.99. The van der Waals surface area contributed by atoms with Crippen molar-refractivity contribution >= 4 is 10.8 Å². The van der Waals surface area contributed by atoms with Gasteiger partial charge in [-0.25, -0.2) is 0 Å². The van der Waals surface area contributed by atoms with Crippen molar-refractivity contribution in [1.82, 2.24) is 0 Å². The Bertz CT molecular complexity index is 166. The van der Waals surface area contributed by atoms with E-state index >= 15 is 0 Å². The zero-order chi connectivity index (χ0) is 9.40. The van der Waals surface area contributed by atoms with Gasteiger partial charge in [0.1, 0.15) is 0 Å². The van der Waals surface area contributed by atoms with Gasteiger partial charge >= 0.3 is 0 Å². The Morgan fingerprint density at radius 1 is 1.67 bits per heavy atom. The van der Waals surface area contributed by atoms with Crippen LogP contribution in [0.25, 0.3) is 0 Å². The van der Waals surface area contributed by atoms with E-state index in [4.69, 9.17) is 10.00 Å². The van der Waals surface area contributed by atoms with Crippen LogP contribution >= 0.6 is 0 Å². The molecule has 1 saturated heterocycles. The Kier molecular flexibility index (Phi) is 7.02. The molecule has 0 aromatic heterocycles. The summed E-state index contributed by atoms with van der Waals surface area (Å²) >= 11 is 0. The first kappa shape index (κ1) is 11.6.